The maximum atomic E-state index is 13.3. The molecule has 1 saturated heterocycles. The van der Waals surface area contributed by atoms with Crippen LogP contribution in [-0.2, 0) is 6.18 Å². The van der Waals surface area contributed by atoms with Gasteiger partial charge in [0.2, 0.25) is 0 Å². The van der Waals surface area contributed by atoms with E-state index in [-0.39, 0.29) is 11.6 Å². The Hall–Kier alpha value is -2.82. The highest BCUT2D eigenvalue weighted by Gasteiger charge is 2.35. The van der Waals surface area contributed by atoms with Gasteiger partial charge in [0.25, 0.3) is 0 Å². The second-order valence-electron chi connectivity index (χ2n) is 6.43. The summed E-state index contributed by atoms with van der Waals surface area (Å²) in [7, 11) is 0. The number of nitrogens with zero attached hydrogens (tertiary/aromatic N) is 5. The number of likely N-dealkylation sites (N-methyl/N-ethyl adjacent to an activating group) is 1. The average Bonchev–Trinajstić information content (AvgIpc) is 2.69. The van der Waals surface area contributed by atoms with Crippen molar-refractivity contribution in [2.24, 2.45) is 0 Å². The predicted octanol–water partition coefficient (Wildman–Crippen LogP) is 3.86. The summed E-state index contributed by atoms with van der Waals surface area (Å²) in [5, 5.41) is 8.99. The van der Waals surface area contributed by atoms with Gasteiger partial charge in [0.15, 0.2) is 0 Å². The average molecular weight is 375 g/mol. The first kappa shape index (κ1) is 19.0. The summed E-state index contributed by atoms with van der Waals surface area (Å²) in [6, 6.07) is 5.62. The number of benzene rings is 1. The fourth-order valence-corrected chi connectivity index (χ4v) is 3.57. The van der Waals surface area contributed by atoms with E-state index in [1.807, 2.05) is 11.8 Å². The zero-order valence-electron chi connectivity index (χ0n) is 14.9. The predicted molar refractivity (Wildman–Crippen MR) is 96.4 cm³/mol. The lowest BCUT2D eigenvalue weighted by atomic mass is 10.0. The molecule has 1 fully saturated rings. The molecule has 0 N–H and O–H groups in total. The Labute approximate surface area is 156 Å². The van der Waals surface area contributed by atoms with Crippen LogP contribution in [0.5, 0.6) is 0 Å². The number of piperidine rings is 1. The van der Waals surface area contributed by atoms with Crippen LogP contribution in [0.2, 0.25) is 0 Å². The highest BCUT2D eigenvalue weighted by molar-refractivity contribution is 5.56. The molecule has 5 nitrogen and oxygen atoms in total. The number of anilines is 2. The first-order valence-electron chi connectivity index (χ1n) is 8.83. The van der Waals surface area contributed by atoms with Crippen LogP contribution in [0.15, 0.2) is 36.8 Å². The molecule has 142 valence electrons. The summed E-state index contributed by atoms with van der Waals surface area (Å²) in [4.78, 5) is 12.5. The Morgan fingerprint density at radius 1 is 1.33 bits per heavy atom. The minimum absolute atomic E-state index is 0.0553. The lowest BCUT2D eigenvalue weighted by molar-refractivity contribution is -0.137. The van der Waals surface area contributed by atoms with Crippen molar-refractivity contribution >= 4 is 11.5 Å². The Bertz CT molecular complexity index is 816. The fourth-order valence-electron chi connectivity index (χ4n) is 3.57. The zero-order valence-corrected chi connectivity index (χ0v) is 14.9. The van der Waals surface area contributed by atoms with Crippen molar-refractivity contribution in [2.75, 3.05) is 29.4 Å². The van der Waals surface area contributed by atoms with Crippen molar-refractivity contribution in [2.45, 2.75) is 32.0 Å². The molecule has 27 heavy (non-hydrogen) atoms. The van der Waals surface area contributed by atoms with Gasteiger partial charge in [-0.2, -0.15) is 18.4 Å². The van der Waals surface area contributed by atoms with Crippen LogP contribution in [0.3, 0.4) is 0 Å². The van der Waals surface area contributed by atoms with E-state index >= 15 is 0 Å². The van der Waals surface area contributed by atoms with Crippen LogP contribution in [-0.4, -0.2) is 35.6 Å². The van der Waals surface area contributed by atoms with E-state index in [0.29, 0.717) is 18.8 Å². The van der Waals surface area contributed by atoms with E-state index in [9.17, 15) is 13.2 Å². The van der Waals surface area contributed by atoms with Crippen LogP contribution < -0.4 is 9.80 Å². The van der Waals surface area contributed by atoms with Gasteiger partial charge in [-0.3, -0.25) is 4.98 Å². The summed E-state index contributed by atoms with van der Waals surface area (Å²) in [6.45, 7) is 4.00. The van der Waals surface area contributed by atoms with E-state index < -0.39 is 11.7 Å². The Morgan fingerprint density at radius 2 is 2.15 bits per heavy atom. The molecule has 0 amide bonds. The second-order valence-corrected chi connectivity index (χ2v) is 6.43. The van der Waals surface area contributed by atoms with Crippen LogP contribution in [0, 0.1) is 11.3 Å². The lowest BCUT2D eigenvalue weighted by Gasteiger charge is -2.40. The molecule has 0 radical (unpaired) electrons. The van der Waals surface area contributed by atoms with Gasteiger partial charge in [0.05, 0.1) is 23.4 Å². The molecule has 1 atom stereocenters. The number of alkyl halides is 3. The molecule has 0 spiro atoms. The normalized spacial score (nSPS) is 17.4. The number of nitriles is 1. The van der Waals surface area contributed by atoms with Crippen molar-refractivity contribution in [3.8, 4) is 6.07 Å². The summed E-state index contributed by atoms with van der Waals surface area (Å²) < 4.78 is 39.9. The fraction of sp³-hybridized carbons (Fsp3) is 0.421. The third-order valence-electron chi connectivity index (χ3n) is 4.81. The SMILES string of the molecule is CCN(c1ccc(C#N)c(C(F)(F)F)c1)[C@@H]1CCCN(c2cnccn2)C1. The van der Waals surface area contributed by atoms with Crippen LogP contribution >= 0.6 is 0 Å². The van der Waals surface area contributed by atoms with E-state index in [0.717, 1.165) is 31.3 Å². The van der Waals surface area contributed by atoms with Gasteiger partial charge in [-0.15, -0.1) is 0 Å². The molecule has 1 aromatic heterocycles. The Kier molecular flexibility index (Phi) is 5.49. The van der Waals surface area contributed by atoms with Gasteiger partial charge in [0.1, 0.15) is 5.82 Å². The monoisotopic (exact) mass is 375 g/mol. The lowest BCUT2D eigenvalue weighted by Crippen LogP contribution is -2.48. The van der Waals surface area contributed by atoms with Crippen molar-refractivity contribution in [3.05, 3.63) is 47.9 Å². The third kappa shape index (κ3) is 4.13. The van der Waals surface area contributed by atoms with Crippen molar-refractivity contribution in [1.29, 1.82) is 5.26 Å². The molecule has 1 aromatic carbocycles. The Balaban J connectivity index is 1.87. The van der Waals surface area contributed by atoms with Crippen LogP contribution in [0.4, 0.5) is 24.7 Å². The van der Waals surface area contributed by atoms with Gasteiger partial charge in [-0.25, -0.2) is 4.98 Å². The standard InChI is InChI=1S/C19H20F3N5/c1-2-27(15-6-5-14(11-23)17(10-15)19(20,21)22)16-4-3-9-26(13-16)18-12-24-7-8-25-18/h5-8,10,12,16H,2-4,9,13H2,1H3/t16-/m1/s1. The molecular formula is C19H20F3N5. The van der Waals surface area contributed by atoms with E-state index in [2.05, 4.69) is 14.9 Å². The number of hydrogen-bond donors (Lipinski definition) is 0. The Morgan fingerprint density at radius 3 is 2.78 bits per heavy atom. The number of halogens is 3. The summed E-state index contributed by atoms with van der Waals surface area (Å²) in [5.74, 6) is 0.772. The van der Waals surface area contributed by atoms with Gasteiger partial charge < -0.3 is 9.80 Å². The van der Waals surface area contributed by atoms with Gasteiger partial charge in [-0.05, 0) is 38.0 Å². The highest BCUT2D eigenvalue weighted by Crippen LogP contribution is 2.35. The number of hydrogen-bond acceptors (Lipinski definition) is 5. The van der Waals surface area contributed by atoms with E-state index in [4.69, 9.17) is 5.26 Å². The summed E-state index contributed by atoms with van der Waals surface area (Å²) in [6.07, 6.45) is 2.18. The number of aromatic nitrogens is 2. The van der Waals surface area contributed by atoms with Crippen molar-refractivity contribution in [3.63, 3.8) is 0 Å². The molecule has 3 rings (SSSR count). The molecule has 1 aliphatic rings. The second kappa shape index (κ2) is 7.82. The molecule has 0 bridgehead atoms. The maximum Gasteiger partial charge on any atom is 0.417 e. The minimum atomic E-state index is -4.56. The summed E-state index contributed by atoms with van der Waals surface area (Å²) in [5.41, 5.74) is -0.760. The largest absolute Gasteiger partial charge is 0.417 e. The van der Waals surface area contributed by atoms with Gasteiger partial charge in [-0.1, -0.05) is 0 Å². The van der Waals surface area contributed by atoms with E-state index in [1.54, 1.807) is 30.7 Å². The van der Waals surface area contributed by atoms with Crippen LogP contribution in [0.1, 0.15) is 30.9 Å². The van der Waals surface area contributed by atoms with E-state index in [1.165, 1.54) is 6.07 Å². The first-order chi connectivity index (χ1) is 12.9. The van der Waals surface area contributed by atoms with Crippen LogP contribution in [0.25, 0.3) is 0 Å². The summed E-state index contributed by atoms with van der Waals surface area (Å²) >= 11 is 0. The number of rotatable bonds is 4. The van der Waals surface area contributed by atoms with Gasteiger partial charge in [0, 0.05) is 43.8 Å². The highest BCUT2D eigenvalue weighted by atomic mass is 19.4. The topological polar surface area (TPSA) is 56.1 Å². The quantitative estimate of drug-likeness (QED) is 0.812. The first-order valence-corrected chi connectivity index (χ1v) is 8.83. The molecule has 2 heterocycles. The smallest absolute Gasteiger partial charge is 0.367 e. The zero-order chi connectivity index (χ0) is 19.4. The molecule has 0 unspecified atom stereocenters. The molecule has 8 heteroatoms. The molecular weight excluding hydrogens is 355 g/mol. The van der Waals surface area contributed by atoms with Crippen molar-refractivity contribution < 1.29 is 13.2 Å². The maximum absolute atomic E-state index is 13.3. The molecule has 0 aliphatic carbocycles. The molecule has 1 aliphatic heterocycles. The molecule has 2 aromatic rings. The van der Waals surface area contributed by atoms with Gasteiger partial charge >= 0.3 is 6.18 Å². The minimum Gasteiger partial charge on any atom is -0.367 e. The third-order valence-corrected chi connectivity index (χ3v) is 4.81. The van der Waals surface area contributed by atoms with Crippen molar-refractivity contribution in [1.82, 2.24) is 9.97 Å². The molecule has 0 saturated carbocycles.